The molecule has 0 heterocycles. The van der Waals surface area contributed by atoms with Crippen molar-refractivity contribution in [2.45, 2.75) is 232 Å². The van der Waals surface area contributed by atoms with Crippen molar-refractivity contribution in [1.82, 2.24) is 0 Å². The number of carbonyl (C=O) groups is 2. The Labute approximate surface area is 371 Å². The highest BCUT2D eigenvalue weighted by atomic mass is 16.6. The van der Waals surface area contributed by atoms with E-state index in [1.54, 1.807) is 0 Å². The highest BCUT2D eigenvalue weighted by Gasteiger charge is 2.17. The third-order valence-corrected chi connectivity index (χ3v) is 10.4. The Bertz CT molecular complexity index is 1130. The van der Waals surface area contributed by atoms with Crippen LogP contribution < -0.4 is 0 Å². The maximum absolute atomic E-state index is 12.8. The van der Waals surface area contributed by atoms with E-state index in [1.807, 2.05) is 0 Å². The van der Waals surface area contributed by atoms with E-state index in [0.717, 1.165) is 116 Å². The molecule has 0 aliphatic heterocycles. The summed E-state index contributed by atoms with van der Waals surface area (Å²) in [7, 11) is 0. The van der Waals surface area contributed by atoms with Crippen LogP contribution in [0.25, 0.3) is 0 Å². The molecule has 0 aliphatic rings. The Morgan fingerprint density at radius 3 is 1.20 bits per heavy atom. The van der Waals surface area contributed by atoms with Gasteiger partial charge in [0.1, 0.15) is 6.61 Å². The van der Waals surface area contributed by atoms with E-state index in [-0.39, 0.29) is 25.2 Å². The molecule has 0 saturated heterocycles. The van der Waals surface area contributed by atoms with Gasteiger partial charge in [0.15, 0.2) is 6.10 Å². The lowest BCUT2D eigenvalue weighted by Gasteiger charge is -2.18. The summed E-state index contributed by atoms with van der Waals surface area (Å²) < 4.78 is 17.3. The van der Waals surface area contributed by atoms with Crippen LogP contribution in [0, 0.1) is 0 Å². The Morgan fingerprint density at radius 1 is 0.383 bits per heavy atom. The van der Waals surface area contributed by atoms with Crippen molar-refractivity contribution in [1.29, 1.82) is 0 Å². The van der Waals surface area contributed by atoms with Gasteiger partial charge in [-0.1, -0.05) is 209 Å². The van der Waals surface area contributed by atoms with E-state index in [4.69, 9.17) is 14.2 Å². The quantitative estimate of drug-likeness (QED) is 0.0347. The molecule has 0 aliphatic carbocycles. The molecule has 0 aromatic heterocycles. The average Bonchev–Trinajstić information content (AvgIpc) is 3.25. The first-order valence-corrected chi connectivity index (χ1v) is 25.1. The second-order valence-electron chi connectivity index (χ2n) is 16.3. The standard InChI is InChI=1S/C55H94O5/c1-4-7-10-13-16-19-22-24-26-28-30-32-34-36-39-42-45-48-54(56)59-52-53(51-58-50-47-44-41-38-21-18-15-12-9-6-3)60-55(57)49-46-43-40-37-35-33-31-29-27-25-23-20-17-14-11-8-5-2/h7-8,10-11,16-17,19-20,24-27,30,32,53H,4-6,9,12-15,18,21-23,28-29,31,33-52H2,1-3H3/b10-7-,11-8-,19-16-,20-17-,26-24-,27-25-,32-30-. The second-order valence-corrected chi connectivity index (χ2v) is 16.3. The molecule has 0 fully saturated rings. The van der Waals surface area contributed by atoms with Crippen LogP contribution in [0.2, 0.25) is 0 Å². The van der Waals surface area contributed by atoms with Crippen LogP contribution in [0.4, 0.5) is 0 Å². The van der Waals surface area contributed by atoms with Crippen LogP contribution >= 0.6 is 0 Å². The summed E-state index contributed by atoms with van der Waals surface area (Å²) in [6.07, 6.45) is 65.8. The molecule has 60 heavy (non-hydrogen) atoms. The fourth-order valence-electron chi connectivity index (χ4n) is 6.75. The van der Waals surface area contributed by atoms with Crippen LogP contribution in [0.3, 0.4) is 0 Å². The summed E-state index contributed by atoms with van der Waals surface area (Å²) in [5, 5.41) is 0. The summed E-state index contributed by atoms with van der Waals surface area (Å²) in [5.41, 5.74) is 0. The van der Waals surface area contributed by atoms with Crippen LogP contribution in [0.5, 0.6) is 0 Å². The minimum atomic E-state index is -0.552. The van der Waals surface area contributed by atoms with Crippen molar-refractivity contribution in [2.75, 3.05) is 19.8 Å². The third-order valence-electron chi connectivity index (χ3n) is 10.4. The molecule has 0 saturated carbocycles. The summed E-state index contributed by atoms with van der Waals surface area (Å²) in [4.78, 5) is 25.4. The van der Waals surface area contributed by atoms with Gasteiger partial charge in [-0.3, -0.25) is 9.59 Å². The highest BCUT2D eigenvalue weighted by Crippen LogP contribution is 2.14. The van der Waals surface area contributed by atoms with E-state index in [9.17, 15) is 9.59 Å². The van der Waals surface area contributed by atoms with Crippen LogP contribution in [-0.2, 0) is 23.8 Å². The first-order chi connectivity index (χ1) is 29.6. The SMILES string of the molecule is CC/C=C\C/C=C\C/C=C\C/C=C\CCCCCCC(=O)OCC(COCCCCCCCCCCCC)OC(=O)CCCCCCCCC/C=C\C/C=C\C/C=C\CC. The van der Waals surface area contributed by atoms with Gasteiger partial charge in [0.2, 0.25) is 0 Å². The predicted molar refractivity (Wildman–Crippen MR) is 260 cm³/mol. The van der Waals surface area contributed by atoms with E-state index in [2.05, 4.69) is 106 Å². The largest absolute Gasteiger partial charge is 0.462 e. The van der Waals surface area contributed by atoms with Gasteiger partial charge in [-0.2, -0.15) is 0 Å². The number of esters is 2. The predicted octanol–water partition coefficient (Wildman–Crippen LogP) is 16.9. The van der Waals surface area contributed by atoms with Crippen LogP contribution in [-0.4, -0.2) is 37.9 Å². The van der Waals surface area contributed by atoms with Gasteiger partial charge in [0.05, 0.1) is 6.61 Å². The molecule has 1 unspecified atom stereocenters. The Morgan fingerprint density at radius 2 is 0.750 bits per heavy atom. The molecule has 5 nitrogen and oxygen atoms in total. The summed E-state index contributed by atoms with van der Waals surface area (Å²) in [6.45, 7) is 7.57. The summed E-state index contributed by atoms with van der Waals surface area (Å²) >= 11 is 0. The van der Waals surface area contributed by atoms with E-state index >= 15 is 0 Å². The lowest BCUT2D eigenvalue weighted by atomic mass is 10.1. The van der Waals surface area contributed by atoms with E-state index in [1.165, 1.54) is 77.0 Å². The zero-order valence-corrected chi connectivity index (χ0v) is 39.5. The molecule has 0 aromatic rings. The monoisotopic (exact) mass is 835 g/mol. The number of rotatable bonds is 45. The fraction of sp³-hybridized carbons (Fsp3) is 0.709. The number of carbonyl (C=O) groups excluding carboxylic acids is 2. The van der Waals surface area contributed by atoms with Crippen LogP contribution in [0.15, 0.2) is 85.1 Å². The summed E-state index contributed by atoms with van der Waals surface area (Å²) in [6, 6.07) is 0. The molecule has 5 heteroatoms. The minimum Gasteiger partial charge on any atom is -0.462 e. The molecule has 0 N–H and O–H groups in total. The van der Waals surface area contributed by atoms with Gasteiger partial charge in [0, 0.05) is 19.4 Å². The van der Waals surface area contributed by atoms with Gasteiger partial charge in [-0.25, -0.2) is 0 Å². The maximum atomic E-state index is 12.8. The van der Waals surface area contributed by atoms with Crippen molar-refractivity contribution in [3.05, 3.63) is 85.1 Å². The normalized spacial score (nSPS) is 12.9. The molecule has 0 amide bonds. The van der Waals surface area contributed by atoms with Crippen molar-refractivity contribution < 1.29 is 23.8 Å². The molecule has 0 bridgehead atoms. The minimum absolute atomic E-state index is 0.0664. The lowest BCUT2D eigenvalue weighted by Crippen LogP contribution is -2.30. The molecule has 0 spiro atoms. The van der Waals surface area contributed by atoms with Crippen molar-refractivity contribution in [2.24, 2.45) is 0 Å². The Kier molecular flexibility index (Phi) is 48.0. The van der Waals surface area contributed by atoms with Gasteiger partial charge >= 0.3 is 11.9 Å². The molecule has 1 atom stereocenters. The molecule has 344 valence electrons. The lowest BCUT2D eigenvalue weighted by molar-refractivity contribution is -0.163. The van der Waals surface area contributed by atoms with Gasteiger partial charge in [-0.05, 0) is 89.9 Å². The maximum Gasteiger partial charge on any atom is 0.306 e. The van der Waals surface area contributed by atoms with E-state index < -0.39 is 6.10 Å². The first kappa shape index (κ1) is 57.1. The molecular weight excluding hydrogens is 741 g/mol. The van der Waals surface area contributed by atoms with Gasteiger partial charge < -0.3 is 14.2 Å². The van der Waals surface area contributed by atoms with E-state index in [0.29, 0.717) is 19.4 Å². The van der Waals surface area contributed by atoms with Gasteiger partial charge in [0.25, 0.3) is 0 Å². The Balaban J connectivity index is 4.29. The van der Waals surface area contributed by atoms with Gasteiger partial charge in [-0.15, -0.1) is 0 Å². The fourth-order valence-corrected chi connectivity index (χ4v) is 6.75. The number of ether oxygens (including phenoxy) is 3. The molecular formula is C55H94O5. The average molecular weight is 835 g/mol. The molecule has 0 radical (unpaired) electrons. The topological polar surface area (TPSA) is 61.8 Å². The zero-order valence-electron chi connectivity index (χ0n) is 39.5. The van der Waals surface area contributed by atoms with Crippen LogP contribution in [0.1, 0.15) is 226 Å². The van der Waals surface area contributed by atoms with Crippen molar-refractivity contribution in [3.63, 3.8) is 0 Å². The number of hydrogen-bond donors (Lipinski definition) is 0. The number of hydrogen-bond acceptors (Lipinski definition) is 5. The first-order valence-electron chi connectivity index (χ1n) is 25.1. The molecule has 0 rings (SSSR count). The van der Waals surface area contributed by atoms with Crippen molar-refractivity contribution >= 4 is 11.9 Å². The number of allylic oxidation sites excluding steroid dienone is 14. The second kappa shape index (κ2) is 50.4. The number of unbranched alkanes of at least 4 members (excludes halogenated alkanes) is 20. The summed E-state index contributed by atoms with van der Waals surface area (Å²) in [5.74, 6) is -0.435. The third kappa shape index (κ3) is 47.8. The highest BCUT2D eigenvalue weighted by molar-refractivity contribution is 5.70. The van der Waals surface area contributed by atoms with Crippen molar-refractivity contribution in [3.8, 4) is 0 Å². The smallest absolute Gasteiger partial charge is 0.306 e. The zero-order chi connectivity index (χ0) is 43.5. The molecule has 0 aromatic carbocycles. The Hall–Kier alpha value is -2.92.